The molecule has 2 nitrogen and oxygen atoms in total. The Morgan fingerprint density at radius 1 is 1.27 bits per heavy atom. The second-order valence-electron chi connectivity index (χ2n) is 3.05. The molecule has 0 fully saturated rings. The van der Waals surface area contributed by atoms with Crippen LogP contribution in [-0.2, 0) is 0 Å². The molecular weight excluding hydrogens is 152 g/mol. The van der Waals surface area contributed by atoms with Crippen LogP contribution < -0.4 is 5.32 Å². The normalized spacial score (nSPS) is 11.2. The lowest BCUT2D eigenvalue weighted by Crippen LogP contribution is -2.32. The zero-order valence-corrected chi connectivity index (χ0v) is 10.2. The van der Waals surface area contributed by atoms with Gasteiger partial charge in [0.15, 0.2) is 0 Å². The predicted molar refractivity (Wildman–Crippen MR) is 54.7 cm³/mol. The highest BCUT2D eigenvalue weighted by molar-refractivity contribution is 6.04. The largest absolute Gasteiger partial charge is 0.321 e. The van der Waals surface area contributed by atoms with Crippen LogP contribution in [0.4, 0.5) is 0 Å². The van der Waals surface area contributed by atoms with Crippen LogP contribution in [0.5, 0.6) is 0 Å². The van der Waals surface area contributed by atoms with E-state index in [4.69, 9.17) is 0 Å². The average molecular weight is 174 g/mol. The summed E-state index contributed by atoms with van der Waals surface area (Å²) in [6.07, 6.45) is 4.08. The summed E-state index contributed by atoms with van der Waals surface area (Å²) in [4.78, 5) is 0. The topological polar surface area (TPSA) is 15.3 Å². The van der Waals surface area contributed by atoms with Crippen molar-refractivity contribution in [3.8, 4) is 0 Å². The van der Waals surface area contributed by atoms with Crippen molar-refractivity contribution >= 4 is 10.4 Å². The van der Waals surface area contributed by atoms with Crippen molar-refractivity contribution in [3.05, 3.63) is 0 Å². The summed E-state index contributed by atoms with van der Waals surface area (Å²) in [5, 5.41) is 3.34. The molecule has 0 atom stereocenters. The molecule has 0 aromatic heterocycles. The zero-order valence-electron chi connectivity index (χ0n) is 8.19. The van der Waals surface area contributed by atoms with Gasteiger partial charge in [0.1, 0.15) is 0 Å². The van der Waals surface area contributed by atoms with E-state index in [-0.39, 0.29) is 0 Å². The molecule has 1 N–H and O–H groups in total. The van der Waals surface area contributed by atoms with Crippen LogP contribution in [0.1, 0.15) is 33.1 Å². The summed E-state index contributed by atoms with van der Waals surface area (Å²) in [5.41, 5.74) is 0. The van der Waals surface area contributed by atoms with E-state index in [0.29, 0.717) is 0 Å². The maximum absolute atomic E-state index is 3.34. The zero-order chi connectivity index (χ0) is 8.53. The van der Waals surface area contributed by atoms with Gasteiger partial charge in [-0.3, -0.25) is 0 Å². The Bertz CT molecular complexity index is 78.5. The molecule has 0 aliphatic rings. The average Bonchev–Trinajstić information content (AvgIpc) is 2.01. The Morgan fingerprint density at radius 3 is 2.55 bits per heavy atom. The summed E-state index contributed by atoms with van der Waals surface area (Å²) >= 11 is 0. The highest BCUT2D eigenvalue weighted by Gasteiger charge is 1.94. The number of unbranched alkanes of at least 4 members (excludes halogenated alkanes) is 2. The van der Waals surface area contributed by atoms with Crippen molar-refractivity contribution in [1.29, 1.82) is 0 Å². The second kappa shape index (κ2) is 8.24. The van der Waals surface area contributed by atoms with Crippen LogP contribution in [0, 0.1) is 0 Å². The van der Waals surface area contributed by atoms with Crippen LogP contribution in [0.2, 0.25) is 0 Å². The minimum Gasteiger partial charge on any atom is -0.321 e. The molecule has 0 aromatic carbocycles. The Morgan fingerprint density at radius 2 is 2.00 bits per heavy atom. The van der Waals surface area contributed by atoms with Gasteiger partial charge in [0.25, 0.3) is 0 Å². The quantitative estimate of drug-likeness (QED) is 0.340. The Labute approximate surface area is 73.9 Å². The monoisotopic (exact) mass is 174 g/mol. The van der Waals surface area contributed by atoms with Crippen molar-refractivity contribution < 1.29 is 0 Å². The molecule has 0 aliphatic heterocycles. The fourth-order valence-electron chi connectivity index (χ4n) is 1.01. The summed E-state index contributed by atoms with van der Waals surface area (Å²) in [7, 11) is 1.19. The first-order valence-electron chi connectivity index (χ1n) is 4.70. The summed E-state index contributed by atoms with van der Waals surface area (Å²) < 4.78 is 2.47. The van der Waals surface area contributed by atoms with Crippen molar-refractivity contribution in [2.75, 3.05) is 19.8 Å². The van der Waals surface area contributed by atoms with Gasteiger partial charge in [0, 0.05) is 6.67 Å². The van der Waals surface area contributed by atoms with E-state index in [1.165, 1.54) is 36.2 Å². The third-order valence-corrected chi connectivity index (χ3v) is 2.54. The van der Waals surface area contributed by atoms with Gasteiger partial charge < -0.3 is 9.88 Å². The van der Waals surface area contributed by atoms with Gasteiger partial charge in [-0.25, -0.2) is 0 Å². The predicted octanol–water partition coefficient (Wildman–Crippen LogP) is 0.326. The first-order valence-corrected chi connectivity index (χ1v) is 5.60. The first-order chi connectivity index (χ1) is 5.31. The molecule has 0 aliphatic carbocycles. The van der Waals surface area contributed by atoms with Gasteiger partial charge in [-0.2, -0.15) is 0 Å². The van der Waals surface area contributed by atoms with Crippen LogP contribution in [0.3, 0.4) is 0 Å². The standard InChI is InChI=1S/C8H22N2Si/c1-3-5-6-7-10(11)8-9-4-2/h9H,3-8H2,1-2,11H3. The van der Waals surface area contributed by atoms with E-state index < -0.39 is 0 Å². The van der Waals surface area contributed by atoms with Gasteiger partial charge >= 0.3 is 0 Å². The maximum atomic E-state index is 3.34. The molecule has 0 spiro atoms. The number of hydrogen-bond donors (Lipinski definition) is 1. The lowest BCUT2D eigenvalue weighted by atomic mass is 10.2. The number of nitrogens with one attached hydrogen (secondary N) is 1. The van der Waals surface area contributed by atoms with Gasteiger partial charge in [-0.05, 0) is 19.5 Å². The van der Waals surface area contributed by atoms with Crippen molar-refractivity contribution in [3.63, 3.8) is 0 Å². The first kappa shape index (κ1) is 11.1. The number of rotatable bonds is 7. The third-order valence-electron chi connectivity index (χ3n) is 1.78. The van der Waals surface area contributed by atoms with Crippen molar-refractivity contribution in [2.45, 2.75) is 33.1 Å². The molecule has 0 aromatic rings. The van der Waals surface area contributed by atoms with Gasteiger partial charge in [-0.15, -0.1) is 0 Å². The lowest BCUT2D eigenvalue weighted by Gasteiger charge is -2.16. The van der Waals surface area contributed by atoms with Crippen LogP contribution in [-0.4, -0.2) is 34.7 Å². The van der Waals surface area contributed by atoms with Gasteiger partial charge in [0.05, 0.1) is 10.4 Å². The van der Waals surface area contributed by atoms with Gasteiger partial charge in [-0.1, -0.05) is 26.7 Å². The van der Waals surface area contributed by atoms with E-state index in [2.05, 4.69) is 23.7 Å². The fourth-order valence-corrected chi connectivity index (χ4v) is 1.55. The Balaban J connectivity index is 3.02. The third kappa shape index (κ3) is 8.04. The highest BCUT2D eigenvalue weighted by Crippen LogP contribution is 1.94. The molecular formula is C8H22N2Si. The molecule has 0 unspecified atom stereocenters. The molecule has 0 heterocycles. The summed E-state index contributed by atoms with van der Waals surface area (Å²) in [5.74, 6) is 0. The molecule has 68 valence electrons. The number of nitrogens with zero attached hydrogens (tertiary/aromatic N) is 1. The van der Waals surface area contributed by atoms with E-state index in [1.54, 1.807) is 0 Å². The highest BCUT2D eigenvalue weighted by atomic mass is 28.2. The minimum absolute atomic E-state index is 1.09. The second-order valence-corrected chi connectivity index (χ2v) is 4.31. The molecule has 0 amide bonds. The van der Waals surface area contributed by atoms with E-state index in [9.17, 15) is 0 Å². The molecule has 0 radical (unpaired) electrons. The molecule has 0 saturated heterocycles. The Kier molecular flexibility index (Phi) is 8.34. The van der Waals surface area contributed by atoms with Crippen molar-refractivity contribution in [1.82, 2.24) is 9.88 Å². The molecule has 0 saturated carbocycles. The fraction of sp³-hybridized carbons (Fsp3) is 1.00. The molecule has 0 rings (SSSR count). The lowest BCUT2D eigenvalue weighted by molar-refractivity contribution is 0.401. The Hall–Kier alpha value is 0.137. The van der Waals surface area contributed by atoms with Crippen molar-refractivity contribution in [2.24, 2.45) is 0 Å². The summed E-state index contributed by atoms with van der Waals surface area (Å²) in [6, 6.07) is 0. The van der Waals surface area contributed by atoms with Crippen LogP contribution >= 0.6 is 0 Å². The summed E-state index contributed by atoms with van der Waals surface area (Å²) in [6.45, 7) is 7.87. The van der Waals surface area contributed by atoms with E-state index in [1.807, 2.05) is 0 Å². The van der Waals surface area contributed by atoms with E-state index in [0.717, 1.165) is 13.2 Å². The van der Waals surface area contributed by atoms with Crippen LogP contribution in [0.15, 0.2) is 0 Å². The maximum Gasteiger partial charge on any atom is 0.0800 e. The molecule has 3 heteroatoms. The molecule has 0 bridgehead atoms. The smallest absolute Gasteiger partial charge is 0.0800 e. The van der Waals surface area contributed by atoms with Gasteiger partial charge in [0.2, 0.25) is 0 Å². The SMILES string of the molecule is CCCCCN([SiH3])CNCC. The molecule has 11 heavy (non-hydrogen) atoms. The van der Waals surface area contributed by atoms with Crippen LogP contribution in [0.25, 0.3) is 0 Å². The minimum atomic E-state index is 1.09. The number of hydrogen-bond acceptors (Lipinski definition) is 2. The van der Waals surface area contributed by atoms with E-state index >= 15 is 0 Å².